The van der Waals surface area contributed by atoms with Crippen LogP contribution in [0.15, 0.2) is 0 Å². The molecule has 0 aliphatic rings. The fraction of sp³-hybridized carbons (Fsp3) is 1.00. The van der Waals surface area contributed by atoms with Crippen LogP contribution >= 0.6 is 12.4 Å². The highest BCUT2D eigenvalue weighted by Gasteiger charge is 2.17. The maximum atomic E-state index is 11.6. The summed E-state index contributed by atoms with van der Waals surface area (Å²) in [5.41, 5.74) is 5.01. The van der Waals surface area contributed by atoms with Gasteiger partial charge in [0.05, 0.1) is 6.04 Å². The molecule has 0 unspecified atom stereocenters. The predicted molar refractivity (Wildman–Crippen MR) is 36.1 cm³/mol. The number of halogens is 3. The number of alkyl halides is 2. The molecule has 0 aliphatic carbocycles. The molecule has 0 saturated heterocycles. The normalized spacial score (nSPS) is 13.7. The van der Waals surface area contributed by atoms with E-state index in [2.05, 4.69) is 0 Å². The molecule has 0 rings (SSSR count). The summed E-state index contributed by atoms with van der Waals surface area (Å²) in [6, 6.07) is -0.963. The van der Waals surface area contributed by atoms with Crippen LogP contribution in [-0.2, 0) is 0 Å². The van der Waals surface area contributed by atoms with Crippen molar-refractivity contribution in [1.82, 2.24) is 0 Å². The molecular formula is C5H12ClF2N. The Morgan fingerprint density at radius 2 is 1.56 bits per heavy atom. The van der Waals surface area contributed by atoms with Crippen molar-refractivity contribution in [2.24, 2.45) is 11.7 Å². The van der Waals surface area contributed by atoms with Crippen LogP contribution in [-0.4, -0.2) is 12.5 Å². The molecule has 0 aromatic heterocycles. The SMILES string of the molecule is CC(C)[C@@H](N)C(F)F.Cl. The Balaban J connectivity index is 0. The van der Waals surface area contributed by atoms with Crippen molar-refractivity contribution < 1.29 is 8.78 Å². The lowest BCUT2D eigenvalue weighted by atomic mass is 10.1. The van der Waals surface area contributed by atoms with E-state index >= 15 is 0 Å². The Hall–Kier alpha value is 0.110. The van der Waals surface area contributed by atoms with Gasteiger partial charge in [-0.3, -0.25) is 0 Å². The molecule has 0 aromatic carbocycles. The van der Waals surface area contributed by atoms with Gasteiger partial charge in [0, 0.05) is 0 Å². The number of nitrogens with two attached hydrogens (primary N) is 1. The first kappa shape index (κ1) is 11.9. The molecule has 1 atom stereocenters. The Kier molecular flexibility index (Phi) is 6.51. The second-order valence-electron chi connectivity index (χ2n) is 2.16. The molecule has 58 valence electrons. The fourth-order valence-electron chi connectivity index (χ4n) is 0.291. The van der Waals surface area contributed by atoms with Crippen LogP contribution in [0.4, 0.5) is 8.78 Å². The Labute approximate surface area is 60.0 Å². The second kappa shape index (κ2) is 4.94. The summed E-state index contributed by atoms with van der Waals surface area (Å²) >= 11 is 0. The van der Waals surface area contributed by atoms with E-state index in [9.17, 15) is 8.78 Å². The average Bonchev–Trinajstić information content (AvgIpc) is 1.64. The van der Waals surface area contributed by atoms with Crippen LogP contribution in [0.5, 0.6) is 0 Å². The third-order valence-corrected chi connectivity index (χ3v) is 1.06. The molecule has 0 saturated carbocycles. The first-order valence-electron chi connectivity index (χ1n) is 2.59. The number of rotatable bonds is 2. The van der Waals surface area contributed by atoms with E-state index in [1.165, 1.54) is 0 Å². The predicted octanol–water partition coefficient (Wildman–Crippen LogP) is 1.66. The van der Waals surface area contributed by atoms with E-state index in [0.29, 0.717) is 0 Å². The van der Waals surface area contributed by atoms with Crippen LogP contribution < -0.4 is 5.73 Å². The second-order valence-corrected chi connectivity index (χ2v) is 2.16. The lowest BCUT2D eigenvalue weighted by Gasteiger charge is -2.12. The van der Waals surface area contributed by atoms with E-state index in [4.69, 9.17) is 5.73 Å². The van der Waals surface area contributed by atoms with Crippen molar-refractivity contribution >= 4 is 12.4 Å². The zero-order valence-corrected chi connectivity index (χ0v) is 6.29. The highest BCUT2D eigenvalue weighted by Crippen LogP contribution is 2.06. The van der Waals surface area contributed by atoms with Gasteiger partial charge in [0.1, 0.15) is 0 Å². The van der Waals surface area contributed by atoms with E-state index in [-0.39, 0.29) is 18.3 Å². The maximum Gasteiger partial charge on any atom is 0.253 e. The van der Waals surface area contributed by atoms with E-state index in [1.807, 2.05) is 0 Å². The van der Waals surface area contributed by atoms with Crippen molar-refractivity contribution in [2.75, 3.05) is 0 Å². The van der Waals surface area contributed by atoms with Crippen molar-refractivity contribution in [3.05, 3.63) is 0 Å². The van der Waals surface area contributed by atoms with Gasteiger partial charge in [0.2, 0.25) is 0 Å². The van der Waals surface area contributed by atoms with Gasteiger partial charge in [-0.2, -0.15) is 0 Å². The molecule has 2 N–H and O–H groups in total. The summed E-state index contributed by atoms with van der Waals surface area (Å²) in [7, 11) is 0. The quantitative estimate of drug-likeness (QED) is 0.652. The summed E-state index contributed by atoms with van der Waals surface area (Å²) in [6.45, 7) is 3.35. The maximum absolute atomic E-state index is 11.6. The number of hydrogen-bond donors (Lipinski definition) is 1. The van der Waals surface area contributed by atoms with E-state index in [1.54, 1.807) is 13.8 Å². The van der Waals surface area contributed by atoms with Gasteiger partial charge in [-0.15, -0.1) is 12.4 Å². The van der Waals surface area contributed by atoms with Gasteiger partial charge >= 0.3 is 0 Å². The topological polar surface area (TPSA) is 26.0 Å². The molecule has 9 heavy (non-hydrogen) atoms. The molecule has 0 radical (unpaired) electrons. The Morgan fingerprint density at radius 3 is 1.56 bits per heavy atom. The Morgan fingerprint density at radius 1 is 1.22 bits per heavy atom. The van der Waals surface area contributed by atoms with Gasteiger partial charge in [-0.25, -0.2) is 8.78 Å². The molecule has 4 heteroatoms. The summed E-state index contributed by atoms with van der Waals surface area (Å²) in [6.07, 6.45) is -2.38. The third kappa shape index (κ3) is 4.60. The van der Waals surface area contributed by atoms with Crippen LogP contribution in [0.2, 0.25) is 0 Å². The van der Waals surface area contributed by atoms with Crippen molar-refractivity contribution in [1.29, 1.82) is 0 Å². The molecule has 0 amide bonds. The van der Waals surface area contributed by atoms with Crippen molar-refractivity contribution in [3.63, 3.8) is 0 Å². The Bertz CT molecular complexity index is 60.0. The molecule has 0 heterocycles. The fourth-order valence-corrected chi connectivity index (χ4v) is 0.291. The summed E-state index contributed by atoms with van der Waals surface area (Å²) in [5.74, 6) is -0.130. The monoisotopic (exact) mass is 159 g/mol. The molecule has 0 fully saturated rings. The largest absolute Gasteiger partial charge is 0.323 e. The van der Waals surface area contributed by atoms with E-state index in [0.717, 1.165) is 0 Å². The molecular weight excluding hydrogens is 148 g/mol. The lowest BCUT2D eigenvalue weighted by Crippen LogP contribution is -2.33. The smallest absolute Gasteiger partial charge is 0.253 e. The minimum atomic E-state index is -2.38. The highest BCUT2D eigenvalue weighted by atomic mass is 35.5. The highest BCUT2D eigenvalue weighted by molar-refractivity contribution is 5.85. The minimum absolute atomic E-state index is 0. The summed E-state index contributed by atoms with van der Waals surface area (Å²) < 4.78 is 23.1. The molecule has 1 nitrogen and oxygen atoms in total. The van der Waals surface area contributed by atoms with Crippen LogP contribution in [0, 0.1) is 5.92 Å². The van der Waals surface area contributed by atoms with Gasteiger partial charge in [-0.05, 0) is 5.92 Å². The van der Waals surface area contributed by atoms with Crippen molar-refractivity contribution in [2.45, 2.75) is 26.3 Å². The minimum Gasteiger partial charge on any atom is -0.323 e. The lowest BCUT2D eigenvalue weighted by molar-refractivity contribution is 0.0962. The van der Waals surface area contributed by atoms with Gasteiger partial charge < -0.3 is 5.73 Å². The van der Waals surface area contributed by atoms with Crippen LogP contribution in [0.3, 0.4) is 0 Å². The molecule has 0 bridgehead atoms. The molecule has 0 aromatic rings. The van der Waals surface area contributed by atoms with Gasteiger partial charge in [0.25, 0.3) is 6.43 Å². The molecule has 0 spiro atoms. The van der Waals surface area contributed by atoms with Crippen LogP contribution in [0.25, 0.3) is 0 Å². The standard InChI is InChI=1S/C5H11F2N.ClH/c1-3(2)4(8)5(6)7;/h3-5H,8H2,1-2H3;1H/t4-;/m1./s1. The van der Waals surface area contributed by atoms with Crippen LogP contribution in [0.1, 0.15) is 13.8 Å². The summed E-state index contributed by atoms with van der Waals surface area (Å²) in [4.78, 5) is 0. The van der Waals surface area contributed by atoms with Gasteiger partial charge in [-0.1, -0.05) is 13.8 Å². The zero-order valence-electron chi connectivity index (χ0n) is 5.47. The van der Waals surface area contributed by atoms with Crippen molar-refractivity contribution in [3.8, 4) is 0 Å². The first-order valence-corrected chi connectivity index (χ1v) is 2.59. The third-order valence-electron chi connectivity index (χ3n) is 1.06. The molecule has 0 aliphatic heterocycles. The summed E-state index contributed by atoms with van der Waals surface area (Å²) in [5, 5.41) is 0. The average molecular weight is 160 g/mol. The number of hydrogen-bond acceptors (Lipinski definition) is 1. The van der Waals surface area contributed by atoms with E-state index < -0.39 is 12.5 Å². The zero-order chi connectivity index (χ0) is 6.73. The first-order chi connectivity index (χ1) is 3.55. The van der Waals surface area contributed by atoms with Gasteiger partial charge in [0.15, 0.2) is 0 Å².